The third kappa shape index (κ3) is 61.6. The lowest BCUT2D eigenvalue weighted by Crippen LogP contribution is -2.45. The molecule has 0 aliphatic heterocycles. The minimum Gasteiger partial charge on any atom is -0.748 e. The van der Waals surface area contributed by atoms with Gasteiger partial charge in [0, 0.05) is 22.7 Å². The van der Waals surface area contributed by atoms with E-state index in [-0.39, 0.29) is 5.75 Å². The molecule has 12 heteroatoms. The molecule has 476 valence electrons. The number of nitrogens with one attached hydrogen (secondary N) is 1. The van der Waals surface area contributed by atoms with E-state index < -0.39 is 17.9 Å². The van der Waals surface area contributed by atoms with Crippen LogP contribution < -0.4 is 5.09 Å². The van der Waals surface area contributed by atoms with E-state index in [1.54, 1.807) is 0 Å². The van der Waals surface area contributed by atoms with E-state index in [1.165, 1.54) is 307 Å². The summed E-state index contributed by atoms with van der Waals surface area (Å²) in [6.45, 7) is 11.6. The van der Waals surface area contributed by atoms with Gasteiger partial charge in [0.1, 0.15) is 0 Å². The fourth-order valence-electron chi connectivity index (χ4n) is 11.1. The third-order valence-corrected chi connectivity index (χ3v) is 21.9. The molecule has 0 bridgehead atoms. The Kier molecular flexibility index (Phi) is 60.9. The summed E-state index contributed by atoms with van der Waals surface area (Å²) in [5, 5.41) is 4.83. The molecule has 0 saturated carbocycles. The van der Waals surface area contributed by atoms with Crippen molar-refractivity contribution >= 4 is 41.4 Å². The highest BCUT2D eigenvalue weighted by molar-refractivity contribution is 8.00. The molecule has 0 aliphatic rings. The molecule has 2 atom stereocenters. The van der Waals surface area contributed by atoms with Gasteiger partial charge in [-0.3, -0.25) is 9.05 Å². The number of hydrogen-bond acceptors (Lipinski definition) is 8. The zero-order valence-electron chi connectivity index (χ0n) is 53.9. The summed E-state index contributed by atoms with van der Waals surface area (Å²) in [4.78, 5) is 0. The second kappa shape index (κ2) is 60.4. The molecular formula is C67H139N2O6PS3. The van der Waals surface area contributed by atoms with Crippen molar-refractivity contribution < 1.29 is 31.1 Å². The van der Waals surface area contributed by atoms with Crippen LogP contribution in [0.2, 0.25) is 0 Å². The Balaban J connectivity index is 4.76. The lowest BCUT2D eigenvalue weighted by Gasteiger charge is -2.30. The molecule has 0 rings (SSSR count). The van der Waals surface area contributed by atoms with E-state index >= 15 is 0 Å². The molecule has 1 N–H and O–H groups in total. The molecule has 79 heavy (non-hydrogen) atoms. The van der Waals surface area contributed by atoms with Gasteiger partial charge < -0.3 is 9.04 Å². The number of nitrogens with zero attached hydrogens (tertiary/aromatic N) is 1. The Morgan fingerprint density at radius 2 is 0.658 bits per heavy atom. The molecule has 0 heterocycles. The molecule has 0 amide bonds. The lowest BCUT2D eigenvalue weighted by atomic mass is 10.0. The van der Waals surface area contributed by atoms with Gasteiger partial charge in [-0.25, -0.2) is 18.1 Å². The Morgan fingerprint density at radius 3 is 0.949 bits per heavy atom. The Hall–Kier alpha value is 0.680. The third-order valence-electron chi connectivity index (χ3n) is 16.5. The Morgan fingerprint density at radius 1 is 0.392 bits per heavy atom. The van der Waals surface area contributed by atoms with Crippen LogP contribution in [0.3, 0.4) is 0 Å². The van der Waals surface area contributed by atoms with Crippen LogP contribution in [-0.4, -0.2) is 92.2 Å². The van der Waals surface area contributed by atoms with Gasteiger partial charge in [0.05, 0.1) is 57.1 Å². The minimum absolute atomic E-state index is 0.306. The lowest BCUT2D eigenvalue weighted by molar-refractivity contribution is -0.889. The van der Waals surface area contributed by atoms with Crippen molar-refractivity contribution in [3.8, 4) is 0 Å². The van der Waals surface area contributed by atoms with E-state index in [1.807, 2.05) is 14.1 Å². The van der Waals surface area contributed by atoms with Crippen LogP contribution in [0, 0.1) is 0 Å². The topological polar surface area (TPSA) is 105 Å². The van der Waals surface area contributed by atoms with Crippen LogP contribution in [0.15, 0.2) is 0 Å². The average molecular weight is 1200 g/mol. The molecule has 0 aromatic heterocycles. The monoisotopic (exact) mass is 1190 g/mol. The van der Waals surface area contributed by atoms with Gasteiger partial charge in [0.25, 0.3) is 0 Å². The molecular weight excluding hydrogens is 1060 g/mol. The first kappa shape index (κ1) is 79.7. The van der Waals surface area contributed by atoms with Crippen LogP contribution in [-0.2, 0) is 23.7 Å². The highest BCUT2D eigenvalue weighted by Gasteiger charge is 2.26. The maximum absolute atomic E-state index is 14.1. The van der Waals surface area contributed by atoms with Crippen LogP contribution in [0.5, 0.6) is 0 Å². The fourth-order valence-corrected chi connectivity index (χ4v) is 15.7. The SMILES string of the molecule is CCCCCCCCCCCCSC(CCCCCCCC)CCCCCCCCCOP(=O)(NCC[N+](C)(C)CCCS(=O)(=O)[O-])OCCCCCCCCCC(CCCCCCCC)SCCCCCCCCCCCC. The first-order chi connectivity index (χ1) is 38.4. The standard InChI is InChI=1S/C67H139N2O6PS3/c1-7-11-15-19-23-25-27-35-43-51-63-77-66(54-45-37-21-17-13-9-3)56-47-39-31-29-33-41-49-61-74-76(70,68-58-60-69(5,6)59-53-65-79(71,72)73)75-62-50-42-34-30-32-40-48-57-67(55-46-38-22-18-14-10-4)78-64-52-44-36-28-26-24-20-16-12-8-2/h66-67H,7-65H2,1-6H3,(H-,68,70,71,72,73). The number of quaternary nitrogens is 1. The zero-order chi connectivity index (χ0) is 57.9. The van der Waals surface area contributed by atoms with Crippen LogP contribution in [0.4, 0.5) is 0 Å². The van der Waals surface area contributed by atoms with Gasteiger partial charge in [-0.2, -0.15) is 23.5 Å². The first-order valence-corrected chi connectivity index (χ1v) is 40.2. The van der Waals surface area contributed by atoms with Crippen LogP contribution in [0.1, 0.15) is 355 Å². The maximum atomic E-state index is 14.1. The molecule has 0 radical (unpaired) electrons. The molecule has 8 nitrogen and oxygen atoms in total. The van der Waals surface area contributed by atoms with Gasteiger partial charge >= 0.3 is 7.75 Å². The minimum atomic E-state index is -4.24. The van der Waals surface area contributed by atoms with Gasteiger partial charge in [-0.15, -0.1) is 0 Å². The van der Waals surface area contributed by atoms with Crippen molar-refractivity contribution in [3.63, 3.8) is 0 Å². The van der Waals surface area contributed by atoms with Gasteiger partial charge in [0.2, 0.25) is 0 Å². The summed E-state index contributed by atoms with van der Waals surface area (Å²) in [6.07, 6.45) is 67.6. The average Bonchev–Trinajstić information content (AvgIpc) is 3.41. The van der Waals surface area contributed by atoms with E-state index in [0.29, 0.717) is 43.8 Å². The molecule has 0 aliphatic carbocycles. The molecule has 2 unspecified atom stereocenters. The predicted octanol–water partition coefficient (Wildman–Crippen LogP) is 22.5. The van der Waals surface area contributed by atoms with Gasteiger partial charge in [0.15, 0.2) is 0 Å². The second-order valence-electron chi connectivity index (χ2n) is 25.1. The highest BCUT2D eigenvalue weighted by Crippen LogP contribution is 2.44. The van der Waals surface area contributed by atoms with E-state index in [4.69, 9.17) is 9.05 Å². The summed E-state index contributed by atoms with van der Waals surface area (Å²) >= 11 is 4.58. The quantitative estimate of drug-likeness (QED) is 0.0276. The fraction of sp³-hybridized carbons (Fsp3) is 1.00. The summed E-state index contributed by atoms with van der Waals surface area (Å²) in [6, 6.07) is 0. The molecule has 0 aromatic carbocycles. The summed E-state index contributed by atoms with van der Waals surface area (Å²) in [5.74, 6) is 2.34. The number of rotatable bonds is 68. The first-order valence-electron chi connectivity index (χ1n) is 35.0. The normalized spacial score (nSPS) is 13.9. The second-order valence-corrected chi connectivity index (χ2v) is 31.2. The number of thioether (sulfide) groups is 2. The van der Waals surface area contributed by atoms with Crippen LogP contribution in [0.25, 0.3) is 0 Å². The zero-order valence-corrected chi connectivity index (χ0v) is 57.3. The van der Waals surface area contributed by atoms with Crippen molar-refractivity contribution in [1.82, 2.24) is 5.09 Å². The molecule has 0 aromatic rings. The maximum Gasteiger partial charge on any atom is 0.405 e. The van der Waals surface area contributed by atoms with E-state index in [9.17, 15) is 17.5 Å². The number of hydrogen-bond donors (Lipinski definition) is 1. The number of unbranched alkanes of at least 4 members (excludes halogenated alkanes) is 40. The Bertz CT molecular complexity index is 1310. The van der Waals surface area contributed by atoms with Gasteiger partial charge in [-0.1, -0.05) is 297 Å². The molecule has 0 spiro atoms. The van der Waals surface area contributed by atoms with Crippen molar-refractivity contribution in [1.29, 1.82) is 0 Å². The number of likely N-dealkylation sites (N-methyl/N-ethyl adjacent to an activating group) is 1. The van der Waals surface area contributed by atoms with Crippen molar-refractivity contribution in [2.45, 2.75) is 366 Å². The van der Waals surface area contributed by atoms with Crippen LogP contribution >= 0.6 is 31.3 Å². The summed E-state index contributed by atoms with van der Waals surface area (Å²) < 4.78 is 60.3. The van der Waals surface area contributed by atoms with E-state index in [0.717, 1.165) is 36.2 Å². The van der Waals surface area contributed by atoms with Crippen molar-refractivity contribution in [3.05, 3.63) is 0 Å². The summed E-state index contributed by atoms with van der Waals surface area (Å²) in [5.41, 5.74) is 0. The highest BCUT2D eigenvalue weighted by atomic mass is 32.2. The Labute approximate surface area is 504 Å². The van der Waals surface area contributed by atoms with Crippen molar-refractivity contribution in [2.24, 2.45) is 0 Å². The van der Waals surface area contributed by atoms with Gasteiger partial charge in [-0.05, 0) is 62.9 Å². The predicted molar refractivity (Wildman–Crippen MR) is 355 cm³/mol. The molecule has 0 saturated heterocycles. The van der Waals surface area contributed by atoms with E-state index in [2.05, 4.69) is 56.3 Å². The summed E-state index contributed by atoms with van der Waals surface area (Å²) in [7, 11) is -3.72. The largest absolute Gasteiger partial charge is 0.748 e. The molecule has 0 fully saturated rings. The smallest absolute Gasteiger partial charge is 0.405 e. The van der Waals surface area contributed by atoms with Crippen molar-refractivity contribution in [2.75, 3.05) is 64.2 Å².